The monoisotopic (exact) mass is 283 g/mol. The number of hydrogen-bond acceptors (Lipinski definition) is 3. The Labute approximate surface area is 120 Å². The molecule has 0 unspecified atom stereocenters. The maximum Gasteiger partial charge on any atom is 0.161 e. The average Bonchev–Trinajstić information content (AvgIpc) is 2.38. The first-order valence-corrected chi connectivity index (χ1v) is 7.42. The van der Waals surface area contributed by atoms with Crippen LogP contribution in [0.15, 0.2) is 24.3 Å². The number of alkyl halides is 1. The van der Waals surface area contributed by atoms with Crippen molar-refractivity contribution in [3.05, 3.63) is 24.3 Å². The van der Waals surface area contributed by atoms with E-state index in [2.05, 4.69) is 5.32 Å². The highest BCUT2D eigenvalue weighted by molar-refractivity contribution is 6.21. The minimum atomic E-state index is 0.404. The van der Waals surface area contributed by atoms with E-state index in [4.69, 9.17) is 21.1 Å². The molecule has 0 saturated heterocycles. The molecule has 1 aromatic rings. The molecule has 1 aromatic carbocycles. The van der Waals surface area contributed by atoms with Crippen LogP contribution in [-0.4, -0.2) is 31.7 Å². The van der Waals surface area contributed by atoms with Gasteiger partial charge in [0, 0.05) is 11.9 Å². The molecule has 0 aromatic heterocycles. The first-order valence-electron chi connectivity index (χ1n) is 6.99. The predicted molar refractivity (Wildman–Crippen MR) is 78.3 cm³/mol. The average molecular weight is 284 g/mol. The second kappa shape index (κ2) is 7.61. The second-order valence-electron chi connectivity index (χ2n) is 4.87. The van der Waals surface area contributed by atoms with Gasteiger partial charge in [0.2, 0.25) is 0 Å². The highest BCUT2D eigenvalue weighted by Gasteiger charge is 2.26. The maximum atomic E-state index is 5.94. The summed E-state index contributed by atoms with van der Waals surface area (Å²) in [5.41, 5.74) is 0. The van der Waals surface area contributed by atoms with Crippen LogP contribution in [0.2, 0.25) is 0 Å². The summed E-state index contributed by atoms with van der Waals surface area (Å²) < 4.78 is 11.2. The molecule has 0 radical (unpaired) electrons. The molecule has 0 aliphatic heterocycles. The van der Waals surface area contributed by atoms with Gasteiger partial charge in [-0.1, -0.05) is 12.1 Å². The Balaban J connectivity index is 1.62. The molecule has 1 N–H and O–H groups in total. The Kier molecular flexibility index (Phi) is 5.80. The molecule has 1 aliphatic rings. The molecule has 1 fully saturated rings. The van der Waals surface area contributed by atoms with E-state index in [1.807, 2.05) is 31.2 Å². The van der Waals surface area contributed by atoms with E-state index in [1.165, 1.54) is 0 Å². The predicted octanol–water partition coefficient (Wildman–Crippen LogP) is 3.07. The van der Waals surface area contributed by atoms with E-state index in [-0.39, 0.29) is 0 Å². The van der Waals surface area contributed by atoms with Crippen LogP contribution >= 0.6 is 11.6 Å². The molecule has 2 rings (SSSR count). The third kappa shape index (κ3) is 4.59. The molecule has 1 aliphatic carbocycles. The summed E-state index contributed by atoms with van der Waals surface area (Å²) in [4.78, 5) is 0. The quantitative estimate of drug-likeness (QED) is 0.587. The zero-order chi connectivity index (χ0) is 13.5. The van der Waals surface area contributed by atoms with Crippen LogP contribution in [-0.2, 0) is 0 Å². The number of ether oxygens (including phenoxy) is 2. The third-order valence-electron chi connectivity index (χ3n) is 3.30. The van der Waals surface area contributed by atoms with Crippen LogP contribution in [0, 0.1) is 5.92 Å². The fourth-order valence-corrected chi connectivity index (χ4v) is 2.71. The van der Waals surface area contributed by atoms with E-state index in [1.54, 1.807) is 0 Å². The van der Waals surface area contributed by atoms with Crippen molar-refractivity contribution in [3.63, 3.8) is 0 Å². The minimum Gasteiger partial charge on any atom is -0.490 e. The van der Waals surface area contributed by atoms with Crippen LogP contribution in [0.4, 0.5) is 0 Å². The SMILES string of the molecule is CCOc1ccccc1OCCNCC1CC(Cl)C1. The summed E-state index contributed by atoms with van der Waals surface area (Å²) in [6, 6.07) is 7.78. The van der Waals surface area contributed by atoms with E-state index in [0.29, 0.717) is 18.6 Å². The van der Waals surface area contributed by atoms with Gasteiger partial charge in [-0.25, -0.2) is 0 Å². The number of rotatable bonds is 8. The van der Waals surface area contributed by atoms with Crippen LogP contribution in [0.1, 0.15) is 19.8 Å². The smallest absolute Gasteiger partial charge is 0.161 e. The highest BCUT2D eigenvalue weighted by atomic mass is 35.5. The summed E-state index contributed by atoms with van der Waals surface area (Å²) in [6.07, 6.45) is 2.28. The molecule has 4 heteroatoms. The third-order valence-corrected chi connectivity index (χ3v) is 3.65. The lowest BCUT2D eigenvalue weighted by Crippen LogP contribution is -2.35. The van der Waals surface area contributed by atoms with Crippen LogP contribution in [0.25, 0.3) is 0 Å². The number of nitrogens with one attached hydrogen (secondary N) is 1. The molecule has 3 nitrogen and oxygen atoms in total. The van der Waals surface area contributed by atoms with E-state index < -0.39 is 0 Å². The van der Waals surface area contributed by atoms with Crippen molar-refractivity contribution in [1.29, 1.82) is 0 Å². The van der Waals surface area contributed by atoms with Gasteiger partial charge in [-0.15, -0.1) is 11.6 Å². The fourth-order valence-electron chi connectivity index (χ4n) is 2.20. The molecule has 1 saturated carbocycles. The fraction of sp³-hybridized carbons (Fsp3) is 0.600. The van der Waals surface area contributed by atoms with Crippen molar-refractivity contribution >= 4 is 11.6 Å². The zero-order valence-electron chi connectivity index (χ0n) is 11.4. The van der Waals surface area contributed by atoms with Crippen LogP contribution in [0.3, 0.4) is 0 Å². The molecule has 0 atom stereocenters. The van der Waals surface area contributed by atoms with E-state index in [0.717, 1.165) is 43.3 Å². The summed E-state index contributed by atoms with van der Waals surface area (Å²) in [5, 5.41) is 3.81. The second-order valence-corrected chi connectivity index (χ2v) is 5.48. The molecule has 0 bridgehead atoms. The number of para-hydroxylation sites is 2. The molecule has 0 spiro atoms. The summed E-state index contributed by atoms with van der Waals surface area (Å²) in [5.74, 6) is 2.38. The Morgan fingerprint density at radius 2 is 1.89 bits per heavy atom. The van der Waals surface area contributed by atoms with E-state index in [9.17, 15) is 0 Å². The molecule has 19 heavy (non-hydrogen) atoms. The molecule has 0 amide bonds. The molecular weight excluding hydrogens is 262 g/mol. The first-order chi connectivity index (χ1) is 9.29. The Bertz CT molecular complexity index is 380. The van der Waals surface area contributed by atoms with Gasteiger partial charge in [-0.05, 0) is 44.4 Å². The van der Waals surface area contributed by atoms with Gasteiger partial charge >= 0.3 is 0 Å². The van der Waals surface area contributed by atoms with Crippen LogP contribution < -0.4 is 14.8 Å². The Hall–Kier alpha value is -0.930. The van der Waals surface area contributed by atoms with Crippen molar-refractivity contribution in [2.75, 3.05) is 26.3 Å². The van der Waals surface area contributed by atoms with Crippen molar-refractivity contribution in [3.8, 4) is 11.5 Å². The van der Waals surface area contributed by atoms with Gasteiger partial charge < -0.3 is 14.8 Å². The summed E-state index contributed by atoms with van der Waals surface area (Å²) >= 11 is 5.94. The normalized spacial score (nSPS) is 21.8. The van der Waals surface area contributed by atoms with Crippen molar-refractivity contribution in [1.82, 2.24) is 5.32 Å². The number of hydrogen-bond donors (Lipinski definition) is 1. The van der Waals surface area contributed by atoms with Gasteiger partial charge in [-0.3, -0.25) is 0 Å². The van der Waals surface area contributed by atoms with Crippen molar-refractivity contribution in [2.24, 2.45) is 5.92 Å². The number of benzene rings is 1. The first kappa shape index (κ1) is 14.5. The Morgan fingerprint density at radius 3 is 2.53 bits per heavy atom. The Morgan fingerprint density at radius 1 is 1.21 bits per heavy atom. The summed E-state index contributed by atoms with van der Waals surface area (Å²) in [6.45, 7) is 5.17. The lowest BCUT2D eigenvalue weighted by molar-refractivity contribution is 0.263. The molecule has 0 heterocycles. The standard InChI is InChI=1S/C15H22ClNO2/c1-2-18-14-5-3-4-6-15(14)19-8-7-17-11-12-9-13(16)10-12/h3-6,12-13,17H,2,7-11H2,1H3. The highest BCUT2D eigenvalue weighted by Crippen LogP contribution is 2.31. The zero-order valence-corrected chi connectivity index (χ0v) is 12.2. The molecular formula is C15H22ClNO2. The molecule has 106 valence electrons. The van der Waals surface area contributed by atoms with Gasteiger partial charge in [-0.2, -0.15) is 0 Å². The minimum absolute atomic E-state index is 0.404. The van der Waals surface area contributed by atoms with Crippen molar-refractivity contribution in [2.45, 2.75) is 25.1 Å². The maximum absolute atomic E-state index is 5.94. The summed E-state index contributed by atoms with van der Waals surface area (Å²) in [7, 11) is 0. The number of halogens is 1. The lowest BCUT2D eigenvalue weighted by atomic mass is 9.85. The van der Waals surface area contributed by atoms with Gasteiger partial charge in [0.15, 0.2) is 11.5 Å². The van der Waals surface area contributed by atoms with Crippen LogP contribution in [0.5, 0.6) is 11.5 Å². The lowest BCUT2D eigenvalue weighted by Gasteiger charge is -2.30. The largest absolute Gasteiger partial charge is 0.490 e. The van der Waals surface area contributed by atoms with E-state index >= 15 is 0 Å². The van der Waals surface area contributed by atoms with Gasteiger partial charge in [0.25, 0.3) is 0 Å². The van der Waals surface area contributed by atoms with Gasteiger partial charge in [0.05, 0.1) is 6.61 Å². The van der Waals surface area contributed by atoms with Gasteiger partial charge in [0.1, 0.15) is 6.61 Å². The topological polar surface area (TPSA) is 30.5 Å². The van der Waals surface area contributed by atoms with Crippen molar-refractivity contribution < 1.29 is 9.47 Å².